The number of rotatable bonds is 6. The first-order chi connectivity index (χ1) is 15.7. The standard InChI is InChI=1S/C25H28N2O4S/c1-29-18-10-8-17(9-11-18)23(27-12-15-30-16-13-27)22-19-5-2-3-7-21(19)32-25(22)26-24(28)20-6-4-14-31-20/h4,6,8-11,14,23H,2-3,5,7,12-13,15-16H2,1H3,(H,26,28). The largest absolute Gasteiger partial charge is 0.497 e. The van der Waals surface area contributed by atoms with E-state index in [1.165, 1.54) is 40.7 Å². The maximum atomic E-state index is 12.9. The number of nitrogens with one attached hydrogen (secondary N) is 1. The topological polar surface area (TPSA) is 63.9 Å². The first kappa shape index (κ1) is 21.2. The van der Waals surface area contributed by atoms with Crippen molar-refractivity contribution in [3.63, 3.8) is 0 Å². The van der Waals surface area contributed by atoms with Crippen LogP contribution in [-0.4, -0.2) is 44.2 Å². The van der Waals surface area contributed by atoms with E-state index < -0.39 is 0 Å². The van der Waals surface area contributed by atoms with Crippen LogP contribution in [0.4, 0.5) is 5.00 Å². The zero-order valence-corrected chi connectivity index (χ0v) is 19.1. The van der Waals surface area contributed by atoms with Crippen molar-refractivity contribution in [1.29, 1.82) is 0 Å². The van der Waals surface area contributed by atoms with Crippen LogP contribution in [0.1, 0.15) is 51.0 Å². The molecule has 1 aromatic carbocycles. The van der Waals surface area contributed by atoms with Crippen molar-refractivity contribution in [2.75, 3.05) is 38.7 Å². The quantitative estimate of drug-likeness (QED) is 0.576. The van der Waals surface area contributed by atoms with Crippen LogP contribution in [0.5, 0.6) is 5.75 Å². The molecule has 7 heteroatoms. The van der Waals surface area contributed by atoms with E-state index in [9.17, 15) is 4.79 Å². The fourth-order valence-electron chi connectivity index (χ4n) is 4.73. The number of fused-ring (bicyclic) bond motifs is 1. The van der Waals surface area contributed by atoms with Crippen LogP contribution in [0.25, 0.3) is 0 Å². The minimum absolute atomic E-state index is 0.0507. The number of benzene rings is 1. The zero-order valence-electron chi connectivity index (χ0n) is 18.3. The smallest absolute Gasteiger partial charge is 0.291 e. The maximum absolute atomic E-state index is 12.9. The number of furan rings is 1. The maximum Gasteiger partial charge on any atom is 0.291 e. The second-order valence-corrected chi connectivity index (χ2v) is 9.31. The third-order valence-electron chi connectivity index (χ3n) is 6.30. The van der Waals surface area contributed by atoms with Gasteiger partial charge in [-0.15, -0.1) is 11.3 Å². The molecular formula is C25H28N2O4S. The van der Waals surface area contributed by atoms with Gasteiger partial charge in [-0.3, -0.25) is 9.69 Å². The van der Waals surface area contributed by atoms with Gasteiger partial charge in [-0.1, -0.05) is 12.1 Å². The first-order valence-electron chi connectivity index (χ1n) is 11.2. The van der Waals surface area contributed by atoms with Crippen LogP contribution in [0.3, 0.4) is 0 Å². The summed E-state index contributed by atoms with van der Waals surface area (Å²) in [6, 6.07) is 11.8. The Balaban J connectivity index is 1.60. The summed E-state index contributed by atoms with van der Waals surface area (Å²) in [5.74, 6) is 0.966. The lowest BCUT2D eigenvalue weighted by Crippen LogP contribution is -2.40. The van der Waals surface area contributed by atoms with E-state index in [1.54, 1.807) is 30.6 Å². The van der Waals surface area contributed by atoms with E-state index in [4.69, 9.17) is 13.9 Å². The molecule has 3 aromatic rings. The third-order valence-corrected chi connectivity index (χ3v) is 7.52. The lowest BCUT2D eigenvalue weighted by atomic mass is 9.88. The summed E-state index contributed by atoms with van der Waals surface area (Å²) in [6.45, 7) is 3.14. The number of hydrogen-bond donors (Lipinski definition) is 1. The lowest BCUT2D eigenvalue weighted by molar-refractivity contribution is 0.0239. The molecule has 1 atom stereocenters. The Labute approximate surface area is 192 Å². The van der Waals surface area contributed by atoms with Gasteiger partial charge in [0.15, 0.2) is 5.76 Å². The Bertz CT molecular complexity index is 1050. The van der Waals surface area contributed by atoms with Gasteiger partial charge in [-0.2, -0.15) is 0 Å². The van der Waals surface area contributed by atoms with E-state index in [-0.39, 0.29) is 11.9 Å². The molecule has 1 saturated heterocycles. The average Bonchev–Trinajstić information content (AvgIpc) is 3.50. The van der Waals surface area contributed by atoms with E-state index >= 15 is 0 Å². The van der Waals surface area contributed by atoms with Crippen molar-refractivity contribution in [3.05, 3.63) is 70.0 Å². The highest BCUT2D eigenvalue weighted by atomic mass is 32.1. The summed E-state index contributed by atoms with van der Waals surface area (Å²) in [5, 5.41) is 4.12. The van der Waals surface area contributed by atoms with Crippen LogP contribution in [-0.2, 0) is 17.6 Å². The van der Waals surface area contributed by atoms with E-state index in [2.05, 4.69) is 22.3 Å². The SMILES string of the molecule is COc1ccc(C(c2c(NC(=O)c3ccco3)sc3c2CCCC3)N2CCOCC2)cc1. The second-order valence-electron chi connectivity index (χ2n) is 8.21. The number of anilines is 1. The molecule has 32 heavy (non-hydrogen) atoms. The van der Waals surface area contributed by atoms with Crippen molar-refractivity contribution in [2.45, 2.75) is 31.7 Å². The number of carbonyl (C=O) groups excluding carboxylic acids is 1. The van der Waals surface area contributed by atoms with Gasteiger partial charge >= 0.3 is 0 Å². The fourth-order valence-corrected chi connectivity index (χ4v) is 6.04. The molecule has 1 fully saturated rings. The van der Waals surface area contributed by atoms with Crippen LogP contribution in [0.15, 0.2) is 47.1 Å². The highest BCUT2D eigenvalue weighted by molar-refractivity contribution is 7.16. The van der Waals surface area contributed by atoms with Crippen LogP contribution >= 0.6 is 11.3 Å². The molecule has 1 aliphatic heterocycles. The average molecular weight is 453 g/mol. The highest BCUT2D eigenvalue weighted by Gasteiger charge is 2.33. The molecule has 1 aliphatic carbocycles. The van der Waals surface area contributed by atoms with Gasteiger partial charge < -0.3 is 19.2 Å². The van der Waals surface area contributed by atoms with Gasteiger partial charge in [-0.05, 0) is 61.1 Å². The van der Waals surface area contributed by atoms with E-state index in [0.717, 1.165) is 36.7 Å². The lowest BCUT2D eigenvalue weighted by Gasteiger charge is -2.36. The van der Waals surface area contributed by atoms with Crippen molar-refractivity contribution < 1.29 is 18.7 Å². The zero-order chi connectivity index (χ0) is 21.9. The molecule has 0 spiro atoms. The number of morpholine rings is 1. The molecule has 1 amide bonds. The number of ether oxygens (including phenoxy) is 2. The molecule has 1 unspecified atom stereocenters. The molecule has 0 saturated carbocycles. The van der Waals surface area contributed by atoms with Crippen molar-refractivity contribution in [3.8, 4) is 5.75 Å². The molecule has 2 aliphatic rings. The van der Waals surface area contributed by atoms with Crippen molar-refractivity contribution in [2.24, 2.45) is 0 Å². The van der Waals surface area contributed by atoms with E-state index in [0.29, 0.717) is 19.0 Å². The van der Waals surface area contributed by atoms with Gasteiger partial charge in [0, 0.05) is 23.5 Å². The van der Waals surface area contributed by atoms with Crippen molar-refractivity contribution in [1.82, 2.24) is 4.90 Å². The first-order valence-corrected chi connectivity index (χ1v) is 12.0. The van der Waals surface area contributed by atoms with Gasteiger partial charge in [-0.25, -0.2) is 0 Å². The Morgan fingerprint density at radius 3 is 2.62 bits per heavy atom. The molecule has 1 N–H and O–H groups in total. The van der Waals surface area contributed by atoms with Crippen LogP contribution in [0.2, 0.25) is 0 Å². The Kier molecular flexibility index (Phi) is 6.30. The number of thiophene rings is 1. The monoisotopic (exact) mass is 452 g/mol. The number of amides is 1. The number of methoxy groups -OCH3 is 1. The Morgan fingerprint density at radius 2 is 1.91 bits per heavy atom. The molecule has 5 rings (SSSR count). The highest BCUT2D eigenvalue weighted by Crippen LogP contribution is 2.46. The van der Waals surface area contributed by atoms with Gasteiger partial charge in [0.05, 0.1) is 32.6 Å². The number of nitrogens with zero attached hydrogens (tertiary/aromatic N) is 1. The molecule has 6 nitrogen and oxygen atoms in total. The Hall–Kier alpha value is -2.61. The van der Waals surface area contributed by atoms with Crippen molar-refractivity contribution >= 4 is 22.2 Å². The predicted octanol–water partition coefficient (Wildman–Crippen LogP) is 4.90. The number of aryl methyl sites for hydroxylation is 1. The number of carbonyl (C=O) groups is 1. The summed E-state index contributed by atoms with van der Waals surface area (Å²) in [6.07, 6.45) is 6.03. The molecule has 168 valence electrons. The molecular weight excluding hydrogens is 424 g/mol. The fraction of sp³-hybridized carbons (Fsp3) is 0.400. The molecule has 0 radical (unpaired) electrons. The summed E-state index contributed by atoms with van der Waals surface area (Å²) in [7, 11) is 1.69. The third kappa shape index (κ3) is 4.20. The second kappa shape index (κ2) is 9.48. The molecule has 2 aromatic heterocycles. The van der Waals surface area contributed by atoms with Crippen LogP contribution in [0, 0.1) is 0 Å². The van der Waals surface area contributed by atoms with E-state index in [1.807, 2.05) is 12.1 Å². The summed E-state index contributed by atoms with van der Waals surface area (Å²) < 4.78 is 16.4. The van der Waals surface area contributed by atoms with Gasteiger partial charge in [0.1, 0.15) is 10.8 Å². The minimum atomic E-state index is -0.203. The minimum Gasteiger partial charge on any atom is -0.497 e. The summed E-state index contributed by atoms with van der Waals surface area (Å²) >= 11 is 1.73. The summed E-state index contributed by atoms with van der Waals surface area (Å²) in [4.78, 5) is 16.8. The van der Waals surface area contributed by atoms with Gasteiger partial charge in [0.25, 0.3) is 5.91 Å². The number of hydrogen-bond acceptors (Lipinski definition) is 6. The van der Waals surface area contributed by atoms with Gasteiger partial charge in [0.2, 0.25) is 0 Å². The molecule has 3 heterocycles. The normalized spacial score (nSPS) is 17.5. The summed E-state index contributed by atoms with van der Waals surface area (Å²) in [5.41, 5.74) is 3.84. The van der Waals surface area contributed by atoms with Crippen LogP contribution < -0.4 is 10.1 Å². The predicted molar refractivity (Wildman–Crippen MR) is 125 cm³/mol. The Morgan fingerprint density at radius 1 is 1.12 bits per heavy atom. The molecule has 0 bridgehead atoms.